The van der Waals surface area contributed by atoms with Gasteiger partial charge in [-0.3, -0.25) is 4.79 Å². The van der Waals surface area contributed by atoms with Gasteiger partial charge >= 0.3 is 5.97 Å². The summed E-state index contributed by atoms with van der Waals surface area (Å²) in [6, 6.07) is 1.83. The number of methoxy groups -OCH3 is 1. The van der Waals surface area contributed by atoms with Crippen molar-refractivity contribution < 1.29 is 9.53 Å². The van der Waals surface area contributed by atoms with Gasteiger partial charge in [-0.1, -0.05) is 34.6 Å². The first-order valence-corrected chi connectivity index (χ1v) is 6.89. The van der Waals surface area contributed by atoms with Crippen LogP contribution >= 0.6 is 0 Å². The number of rotatable bonds is 5. The van der Waals surface area contributed by atoms with Crippen molar-refractivity contribution in [2.24, 2.45) is 5.92 Å². The van der Waals surface area contributed by atoms with E-state index in [9.17, 15) is 4.79 Å². The Bertz CT molecular complexity index is 453. The van der Waals surface area contributed by atoms with Gasteiger partial charge in [0.05, 0.1) is 7.11 Å². The summed E-state index contributed by atoms with van der Waals surface area (Å²) in [7, 11) is 1.40. The van der Waals surface area contributed by atoms with Crippen LogP contribution in [-0.2, 0) is 14.9 Å². The average Bonchev–Trinajstić information content (AvgIpc) is 2.36. The third-order valence-electron chi connectivity index (χ3n) is 2.77. The molecule has 1 aromatic rings. The zero-order chi connectivity index (χ0) is 15.3. The molecule has 0 aliphatic carbocycles. The summed E-state index contributed by atoms with van der Waals surface area (Å²) < 4.78 is 4.76. The molecule has 0 unspecified atom stereocenters. The number of ether oxygens (including phenoxy) is 1. The van der Waals surface area contributed by atoms with Gasteiger partial charge in [-0.25, -0.2) is 9.97 Å². The Labute approximate surface area is 121 Å². The molecule has 0 N–H and O–H groups in total. The Morgan fingerprint density at radius 3 is 2.55 bits per heavy atom. The largest absolute Gasteiger partial charge is 0.468 e. The van der Waals surface area contributed by atoms with Gasteiger partial charge in [0.15, 0.2) is 0 Å². The number of aromatic nitrogens is 2. The zero-order valence-corrected chi connectivity index (χ0v) is 13.3. The van der Waals surface area contributed by atoms with Crippen molar-refractivity contribution in [1.82, 2.24) is 9.97 Å². The van der Waals surface area contributed by atoms with E-state index in [1.807, 2.05) is 11.0 Å². The Kier molecular flexibility index (Phi) is 5.48. The molecule has 5 nitrogen and oxygen atoms in total. The fraction of sp³-hybridized carbons (Fsp3) is 0.667. The second-order valence-electron chi connectivity index (χ2n) is 6.34. The van der Waals surface area contributed by atoms with E-state index < -0.39 is 0 Å². The number of hydrogen-bond donors (Lipinski definition) is 0. The van der Waals surface area contributed by atoms with Crippen LogP contribution in [0.3, 0.4) is 0 Å². The monoisotopic (exact) mass is 279 g/mol. The van der Waals surface area contributed by atoms with Crippen molar-refractivity contribution in [3.63, 3.8) is 0 Å². The van der Waals surface area contributed by atoms with Crippen LogP contribution in [0.2, 0.25) is 0 Å². The first kappa shape index (κ1) is 16.4. The molecular formula is C15H25N3O2. The molecule has 0 radical (unpaired) electrons. The molecule has 5 heteroatoms. The first-order valence-electron chi connectivity index (χ1n) is 6.89. The second-order valence-corrected chi connectivity index (χ2v) is 6.34. The molecule has 0 saturated carbocycles. The Morgan fingerprint density at radius 2 is 2.05 bits per heavy atom. The van der Waals surface area contributed by atoms with Crippen LogP contribution in [0.1, 0.15) is 40.4 Å². The third-order valence-corrected chi connectivity index (χ3v) is 2.77. The fourth-order valence-corrected chi connectivity index (χ4v) is 1.79. The molecule has 0 spiro atoms. The lowest BCUT2D eigenvalue weighted by atomic mass is 9.96. The maximum Gasteiger partial charge on any atom is 0.325 e. The van der Waals surface area contributed by atoms with E-state index in [0.717, 1.165) is 18.2 Å². The van der Waals surface area contributed by atoms with Gasteiger partial charge in [0.25, 0.3) is 0 Å². The smallest absolute Gasteiger partial charge is 0.325 e. The predicted octanol–water partition coefficient (Wildman–Crippen LogP) is 2.41. The van der Waals surface area contributed by atoms with Gasteiger partial charge in [-0.15, -0.1) is 0 Å². The number of carbonyl (C=O) groups is 1. The van der Waals surface area contributed by atoms with Gasteiger partial charge in [-0.2, -0.15) is 0 Å². The van der Waals surface area contributed by atoms with Gasteiger partial charge < -0.3 is 9.64 Å². The highest BCUT2D eigenvalue weighted by Gasteiger charge is 2.20. The van der Waals surface area contributed by atoms with Crippen molar-refractivity contribution >= 4 is 11.8 Å². The predicted molar refractivity (Wildman–Crippen MR) is 79.8 cm³/mol. The summed E-state index contributed by atoms with van der Waals surface area (Å²) in [4.78, 5) is 22.4. The summed E-state index contributed by atoms with van der Waals surface area (Å²) in [6.07, 6.45) is 1.74. The van der Waals surface area contributed by atoms with E-state index in [1.54, 1.807) is 6.20 Å². The summed E-state index contributed by atoms with van der Waals surface area (Å²) in [5, 5.41) is 0. The third kappa shape index (κ3) is 4.79. The van der Waals surface area contributed by atoms with Gasteiger partial charge in [-0.05, 0) is 12.0 Å². The van der Waals surface area contributed by atoms with Crippen molar-refractivity contribution in [1.29, 1.82) is 0 Å². The minimum Gasteiger partial charge on any atom is -0.468 e. The average molecular weight is 279 g/mol. The lowest BCUT2D eigenvalue weighted by Crippen LogP contribution is -2.35. The molecule has 0 atom stereocenters. The maximum absolute atomic E-state index is 11.6. The minimum atomic E-state index is -0.262. The second kappa shape index (κ2) is 6.68. The molecule has 1 rings (SSSR count). The van der Waals surface area contributed by atoms with Crippen LogP contribution in [0.15, 0.2) is 12.3 Å². The van der Waals surface area contributed by atoms with Crippen LogP contribution in [0.5, 0.6) is 0 Å². The highest BCUT2D eigenvalue weighted by atomic mass is 16.5. The lowest BCUT2D eigenvalue weighted by molar-refractivity contribution is -0.139. The molecule has 112 valence electrons. The van der Waals surface area contributed by atoms with Crippen LogP contribution < -0.4 is 4.90 Å². The molecule has 0 amide bonds. The molecular weight excluding hydrogens is 254 g/mol. The van der Waals surface area contributed by atoms with Crippen LogP contribution in [0.25, 0.3) is 0 Å². The SMILES string of the molecule is COC(=O)CN(CC(C)C)c1ccnc(C(C)(C)C)n1. The Morgan fingerprint density at radius 1 is 1.40 bits per heavy atom. The number of hydrogen-bond acceptors (Lipinski definition) is 5. The van der Waals surface area contributed by atoms with E-state index in [1.165, 1.54) is 7.11 Å². The highest BCUT2D eigenvalue weighted by molar-refractivity contribution is 5.75. The van der Waals surface area contributed by atoms with Gasteiger partial charge in [0.1, 0.15) is 18.2 Å². The summed E-state index contributed by atoms with van der Waals surface area (Å²) in [5.41, 5.74) is -0.120. The van der Waals surface area contributed by atoms with Crippen molar-refractivity contribution in [3.05, 3.63) is 18.1 Å². The molecule has 20 heavy (non-hydrogen) atoms. The van der Waals surface area contributed by atoms with Crippen molar-refractivity contribution in [3.8, 4) is 0 Å². The lowest BCUT2D eigenvalue weighted by Gasteiger charge is -2.26. The Hall–Kier alpha value is -1.65. The molecule has 0 aliphatic heterocycles. The first-order chi connectivity index (χ1) is 9.24. The quantitative estimate of drug-likeness (QED) is 0.775. The van der Waals surface area contributed by atoms with E-state index >= 15 is 0 Å². The summed E-state index contributed by atoms with van der Waals surface area (Å²) in [5.74, 6) is 1.70. The number of esters is 1. The molecule has 0 fully saturated rings. The Balaban J connectivity index is 3.03. The molecule has 0 bridgehead atoms. The van der Waals surface area contributed by atoms with E-state index in [2.05, 4.69) is 44.6 Å². The fourth-order valence-electron chi connectivity index (χ4n) is 1.79. The number of carbonyl (C=O) groups excluding carboxylic acids is 1. The standard InChI is InChI=1S/C15H25N3O2/c1-11(2)9-18(10-13(19)20-6)12-7-8-16-14(17-12)15(3,4)5/h7-8,11H,9-10H2,1-6H3. The van der Waals surface area contributed by atoms with Crippen LogP contribution in [0, 0.1) is 5.92 Å². The molecule has 1 aromatic heterocycles. The molecule has 0 aliphatic rings. The van der Waals surface area contributed by atoms with E-state index in [-0.39, 0.29) is 17.9 Å². The molecule has 0 aromatic carbocycles. The maximum atomic E-state index is 11.6. The van der Waals surface area contributed by atoms with Gasteiger partial charge in [0, 0.05) is 18.2 Å². The van der Waals surface area contributed by atoms with Gasteiger partial charge in [0.2, 0.25) is 0 Å². The number of anilines is 1. The summed E-state index contributed by atoms with van der Waals surface area (Å²) >= 11 is 0. The minimum absolute atomic E-state index is 0.120. The van der Waals surface area contributed by atoms with E-state index in [4.69, 9.17) is 4.74 Å². The molecule has 0 saturated heterocycles. The number of nitrogens with zero attached hydrogens (tertiary/aromatic N) is 3. The topological polar surface area (TPSA) is 55.3 Å². The van der Waals surface area contributed by atoms with Crippen molar-refractivity contribution in [2.45, 2.75) is 40.0 Å². The van der Waals surface area contributed by atoms with Crippen LogP contribution in [0.4, 0.5) is 5.82 Å². The normalized spacial score (nSPS) is 11.6. The van der Waals surface area contributed by atoms with E-state index in [0.29, 0.717) is 5.92 Å². The van der Waals surface area contributed by atoms with Crippen LogP contribution in [-0.4, -0.2) is 36.1 Å². The van der Waals surface area contributed by atoms with Crippen molar-refractivity contribution in [2.75, 3.05) is 25.1 Å². The summed E-state index contributed by atoms with van der Waals surface area (Å²) in [6.45, 7) is 11.4. The molecule has 1 heterocycles. The zero-order valence-electron chi connectivity index (χ0n) is 13.3. The highest BCUT2D eigenvalue weighted by Crippen LogP contribution is 2.21.